The van der Waals surface area contributed by atoms with Gasteiger partial charge in [-0.15, -0.1) is 0 Å². The molecule has 36 heavy (non-hydrogen) atoms. The summed E-state index contributed by atoms with van der Waals surface area (Å²) < 4.78 is 13.1. The van der Waals surface area contributed by atoms with Crippen LogP contribution in [0.15, 0.2) is 42.5 Å². The molecule has 0 spiro atoms. The predicted octanol–water partition coefficient (Wildman–Crippen LogP) is 4.70. The van der Waals surface area contributed by atoms with Gasteiger partial charge >= 0.3 is 0 Å². The summed E-state index contributed by atoms with van der Waals surface area (Å²) in [5.74, 6) is 2.22. The Kier molecular flexibility index (Phi) is 4.57. The number of hydrogen-bond donors (Lipinski definition) is 0. The fourth-order valence-corrected chi connectivity index (χ4v) is 9.35. The molecule has 3 heterocycles. The van der Waals surface area contributed by atoms with Crippen molar-refractivity contribution in [3.8, 4) is 5.75 Å². The number of halogens is 1. The summed E-state index contributed by atoms with van der Waals surface area (Å²) in [6, 6.07) is 14.8. The first-order chi connectivity index (χ1) is 17.5. The van der Waals surface area contributed by atoms with Crippen molar-refractivity contribution in [3.63, 3.8) is 0 Å². The van der Waals surface area contributed by atoms with Crippen LogP contribution >= 0.6 is 11.6 Å². The zero-order valence-electron chi connectivity index (χ0n) is 20.8. The summed E-state index contributed by atoms with van der Waals surface area (Å²) in [6.45, 7) is 3.02. The highest BCUT2D eigenvalue weighted by molar-refractivity contribution is 6.30. The van der Waals surface area contributed by atoms with Crippen LogP contribution in [0.3, 0.4) is 0 Å². The smallest absolute Gasteiger partial charge is 0.254 e. The molecule has 5 nitrogen and oxygen atoms in total. The van der Waals surface area contributed by atoms with Crippen molar-refractivity contribution < 1.29 is 14.3 Å². The van der Waals surface area contributed by atoms with E-state index in [1.807, 2.05) is 18.2 Å². The standard InChI is InChI=1S/C30H33ClN2O3/c1-35-22-8-7-19-14-26-30-10-9-24-27(29(30,23(19)15-22)11-12-32(26)16-18-5-6-18)25(36-30)17-33(24)28(34)20-3-2-4-21(31)13-20/h2-4,7-8,13,15,18,24-27H,5-6,9-12,14,16-17H2,1H3/t24-,25-,26-,27+,29+,30-/m1/s1. The van der Waals surface area contributed by atoms with Crippen LogP contribution in [-0.2, 0) is 16.6 Å². The molecule has 3 aliphatic heterocycles. The molecule has 0 unspecified atom stereocenters. The third kappa shape index (κ3) is 2.72. The summed E-state index contributed by atoms with van der Waals surface area (Å²) in [5.41, 5.74) is 3.37. The van der Waals surface area contributed by atoms with Gasteiger partial charge in [0.05, 0.1) is 18.8 Å². The van der Waals surface area contributed by atoms with E-state index in [2.05, 4.69) is 28.0 Å². The fraction of sp³-hybridized carbons (Fsp3) is 0.567. The van der Waals surface area contributed by atoms with Gasteiger partial charge in [-0.1, -0.05) is 23.7 Å². The van der Waals surface area contributed by atoms with Crippen LogP contribution in [0.4, 0.5) is 0 Å². The van der Waals surface area contributed by atoms with E-state index in [9.17, 15) is 4.79 Å². The van der Waals surface area contributed by atoms with Gasteiger partial charge in [0.25, 0.3) is 5.91 Å². The third-order valence-electron chi connectivity index (χ3n) is 10.6. The SMILES string of the molecule is COc1ccc2c(c1)[C@]13CCN(CC4CC4)[C@H](C2)[C@]12CC[C@@H]1[C@H]3[C@@H](CN1C(=O)c1cccc(Cl)c1)O2. The van der Waals surface area contributed by atoms with Crippen molar-refractivity contribution in [2.24, 2.45) is 11.8 Å². The van der Waals surface area contributed by atoms with Gasteiger partial charge in [-0.2, -0.15) is 0 Å². The first-order valence-corrected chi connectivity index (χ1v) is 14.1. The van der Waals surface area contributed by atoms with Crippen LogP contribution < -0.4 is 4.74 Å². The number of amides is 1. The fourth-order valence-electron chi connectivity index (χ4n) is 9.16. The molecule has 0 radical (unpaired) electrons. The number of rotatable bonds is 4. The van der Waals surface area contributed by atoms with Gasteiger partial charge in [0.15, 0.2) is 0 Å². The normalized spacial score (nSPS) is 38.0. The highest BCUT2D eigenvalue weighted by Gasteiger charge is 2.78. The van der Waals surface area contributed by atoms with Crippen LogP contribution in [0, 0.1) is 11.8 Å². The zero-order chi connectivity index (χ0) is 24.2. The molecular weight excluding hydrogens is 472 g/mol. The molecule has 6 heteroatoms. The first-order valence-electron chi connectivity index (χ1n) is 13.7. The Morgan fingerprint density at radius 3 is 2.86 bits per heavy atom. The van der Waals surface area contributed by atoms with Crippen molar-refractivity contribution >= 4 is 17.5 Å². The summed E-state index contributed by atoms with van der Waals surface area (Å²) >= 11 is 6.25. The minimum Gasteiger partial charge on any atom is -0.497 e. The molecule has 3 saturated heterocycles. The van der Waals surface area contributed by atoms with Gasteiger partial charge < -0.3 is 14.4 Å². The van der Waals surface area contributed by atoms with Gasteiger partial charge in [-0.3, -0.25) is 9.69 Å². The van der Waals surface area contributed by atoms with Gasteiger partial charge in [-0.05, 0) is 92.4 Å². The number of ether oxygens (including phenoxy) is 2. The van der Waals surface area contributed by atoms with Crippen LogP contribution in [0.25, 0.3) is 0 Å². The molecule has 2 saturated carbocycles. The van der Waals surface area contributed by atoms with E-state index in [1.54, 1.807) is 13.2 Å². The van der Waals surface area contributed by atoms with Crippen LogP contribution in [0.5, 0.6) is 5.75 Å². The molecule has 0 aromatic heterocycles. The lowest BCUT2D eigenvalue weighted by Crippen LogP contribution is -2.74. The van der Waals surface area contributed by atoms with Gasteiger partial charge in [0, 0.05) is 47.1 Å². The quantitative estimate of drug-likeness (QED) is 0.605. The molecule has 3 aliphatic carbocycles. The second-order valence-corrected chi connectivity index (χ2v) is 12.5. The number of nitrogens with zero attached hydrogens (tertiary/aromatic N) is 2. The van der Waals surface area contributed by atoms with E-state index in [0.717, 1.165) is 43.9 Å². The Morgan fingerprint density at radius 2 is 2.06 bits per heavy atom. The van der Waals surface area contributed by atoms with Crippen molar-refractivity contribution in [3.05, 3.63) is 64.2 Å². The van der Waals surface area contributed by atoms with Crippen molar-refractivity contribution in [2.45, 2.75) is 67.7 Å². The third-order valence-corrected chi connectivity index (χ3v) is 10.8. The maximum Gasteiger partial charge on any atom is 0.254 e. The van der Waals surface area contributed by atoms with Crippen molar-refractivity contribution in [1.82, 2.24) is 9.80 Å². The second-order valence-electron chi connectivity index (χ2n) is 12.0. The average molecular weight is 505 g/mol. The summed E-state index contributed by atoms with van der Waals surface area (Å²) in [5, 5.41) is 0.608. The number of piperidine rings is 1. The number of benzene rings is 2. The van der Waals surface area contributed by atoms with E-state index in [-0.39, 0.29) is 29.1 Å². The maximum atomic E-state index is 13.8. The number of carbonyl (C=O) groups excluding carboxylic acids is 1. The Labute approximate surface area is 217 Å². The molecule has 4 bridgehead atoms. The van der Waals surface area contributed by atoms with Crippen LogP contribution in [0.2, 0.25) is 5.02 Å². The van der Waals surface area contributed by atoms with Crippen LogP contribution in [-0.4, -0.2) is 66.2 Å². The maximum absolute atomic E-state index is 13.8. The molecule has 6 atom stereocenters. The highest BCUT2D eigenvalue weighted by Crippen LogP contribution is 2.69. The van der Waals surface area contributed by atoms with Gasteiger partial charge in [0.2, 0.25) is 0 Å². The molecule has 188 valence electrons. The number of methoxy groups -OCH3 is 1. The molecule has 1 amide bonds. The van der Waals surface area contributed by atoms with E-state index in [0.29, 0.717) is 29.1 Å². The molecule has 8 rings (SSSR count). The minimum absolute atomic E-state index is 0.0587. The van der Waals surface area contributed by atoms with Crippen LogP contribution in [0.1, 0.15) is 53.6 Å². The molecule has 6 aliphatic rings. The minimum atomic E-state index is -0.156. The lowest BCUT2D eigenvalue weighted by molar-refractivity contribution is -0.171. The second kappa shape index (κ2) is 7.49. The lowest BCUT2D eigenvalue weighted by atomic mass is 9.46. The largest absolute Gasteiger partial charge is 0.497 e. The van der Waals surface area contributed by atoms with E-state index >= 15 is 0 Å². The lowest BCUT2D eigenvalue weighted by Gasteiger charge is -2.64. The zero-order valence-corrected chi connectivity index (χ0v) is 21.5. The monoisotopic (exact) mass is 504 g/mol. The average Bonchev–Trinajstić information content (AvgIpc) is 3.58. The number of hydrogen-bond acceptors (Lipinski definition) is 4. The first kappa shape index (κ1) is 22.0. The topological polar surface area (TPSA) is 42.0 Å². The van der Waals surface area contributed by atoms with E-state index in [4.69, 9.17) is 21.1 Å². The van der Waals surface area contributed by atoms with Gasteiger partial charge in [-0.25, -0.2) is 0 Å². The van der Waals surface area contributed by atoms with Gasteiger partial charge in [0.1, 0.15) is 5.75 Å². The van der Waals surface area contributed by atoms with Crippen molar-refractivity contribution in [2.75, 3.05) is 26.7 Å². The number of likely N-dealkylation sites (tertiary alicyclic amines) is 2. The molecule has 2 aromatic rings. The highest BCUT2D eigenvalue weighted by atomic mass is 35.5. The van der Waals surface area contributed by atoms with Crippen molar-refractivity contribution in [1.29, 1.82) is 0 Å². The predicted molar refractivity (Wildman–Crippen MR) is 138 cm³/mol. The number of fused-ring (bicyclic) bond motifs is 1. The Balaban J connectivity index is 1.24. The molecule has 5 fully saturated rings. The molecule has 0 N–H and O–H groups in total. The Hall–Kier alpha value is -2.08. The van der Waals surface area contributed by atoms with E-state index in [1.165, 1.54) is 30.5 Å². The Bertz CT molecular complexity index is 1260. The summed E-state index contributed by atoms with van der Waals surface area (Å²) in [7, 11) is 1.76. The number of carbonyl (C=O) groups is 1. The van der Waals surface area contributed by atoms with E-state index < -0.39 is 0 Å². The molecular formula is C30H33ClN2O3. The Morgan fingerprint density at radius 1 is 1.17 bits per heavy atom. The summed E-state index contributed by atoms with van der Waals surface area (Å²) in [6.07, 6.45) is 7.04. The molecule has 2 aromatic carbocycles. The summed E-state index contributed by atoms with van der Waals surface area (Å²) in [4.78, 5) is 18.7.